The van der Waals surface area contributed by atoms with Gasteiger partial charge in [0.1, 0.15) is 5.60 Å². The lowest BCUT2D eigenvalue weighted by Gasteiger charge is -2.39. The molecule has 1 N–H and O–H groups in total. The Labute approximate surface area is 159 Å². The third kappa shape index (κ3) is 6.01. The minimum atomic E-state index is -0.342. The lowest BCUT2D eigenvalue weighted by atomic mass is 9.93. The summed E-state index contributed by atoms with van der Waals surface area (Å²) in [5.41, 5.74) is 0.943. The smallest absolute Gasteiger partial charge is 0.408 e. The quantitative estimate of drug-likeness (QED) is 0.823. The number of benzene rings is 1. The molecular weight excluding hydrogens is 324 g/mol. The fourth-order valence-corrected chi connectivity index (χ4v) is 3.36. The van der Waals surface area contributed by atoms with Gasteiger partial charge >= 0.3 is 6.09 Å². The molecule has 4 heteroatoms. The second-order valence-corrected chi connectivity index (χ2v) is 8.46. The van der Waals surface area contributed by atoms with E-state index in [-0.39, 0.29) is 17.2 Å². The molecule has 1 aromatic carbocycles. The predicted octanol–water partition coefficient (Wildman–Crippen LogP) is 4.98. The number of carbonyl (C=O) groups is 1. The first kappa shape index (κ1) is 20.8. The molecule has 1 heterocycles. The average Bonchev–Trinajstić information content (AvgIpc) is 3.17. The van der Waals surface area contributed by atoms with Gasteiger partial charge in [-0.3, -0.25) is 4.90 Å². The maximum Gasteiger partial charge on any atom is 0.408 e. The third-order valence-corrected chi connectivity index (χ3v) is 5.55. The lowest BCUT2D eigenvalue weighted by molar-refractivity contribution is -0.0251. The molecule has 2 fully saturated rings. The van der Waals surface area contributed by atoms with Crippen molar-refractivity contribution in [2.45, 2.75) is 78.0 Å². The van der Waals surface area contributed by atoms with Gasteiger partial charge in [-0.05, 0) is 44.6 Å². The second-order valence-electron chi connectivity index (χ2n) is 8.46. The van der Waals surface area contributed by atoms with Gasteiger partial charge in [0.25, 0.3) is 0 Å². The molecule has 1 aliphatic carbocycles. The number of piperidine rings is 1. The maximum absolute atomic E-state index is 12.1. The van der Waals surface area contributed by atoms with Crippen LogP contribution in [0, 0.1) is 5.92 Å². The molecule has 2 aliphatic rings. The summed E-state index contributed by atoms with van der Waals surface area (Å²) in [6.45, 7) is 13.5. The topological polar surface area (TPSA) is 41.6 Å². The second kappa shape index (κ2) is 8.90. The van der Waals surface area contributed by atoms with Crippen LogP contribution in [0.25, 0.3) is 0 Å². The fraction of sp³-hybridized carbons (Fsp3) is 0.682. The number of likely N-dealkylation sites (tertiary alicyclic amines) is 1. The highest BCUT2D eigenvalue weighted by Crippen LogP contribution is 2.42. The van der Waals surface area contributed by atoms with Crippen LogP contribution in [-0.4, -0.2) is 35.2 Å². The average molecular weight is 361 g/mol. The van der Waals surface area contributed by atoms with E-state index in [0.717, 1.165) is 38.9 Å². The van der Waals surface area contributed by atoms with Crippen LogP contribution in [0.5, 0.6) is 0 Å². The van der Waals surface area contributed by atoms with Crippen LogP contribution in [0.2, 0.25) is 0 Å². The van der Waals surface area contributed by atoms with Gasteiger partial charge in [-0.15, -0.1) is 0 Å². The van der Waals surface area contributed by atoms with Gasteiger partial charge in [-0.2, -0.15) is 0 Å². The number of alkyl carbamates (subject to hydrolysis) is 1. The van der Waals surface area contributed by atoms with E-state index in [1.54, 1.807) is 0 Å². The summed E-state index contributed by atoms with van der Waals surface area (Å²) >= 11 is 0. The van der Waals surface area contributed by atoms with Crippen LogP contribution < -0.4 is 5.32 Å². The standard InChI is InChI=1S/C19H28N2O2.C3H8/c1-15-13-19(15,3)20-17(22)23-18(2)9-11-21(12-10-18)14-16-7-5-4-6-8-16;1-3-2/h4-8,15H,9-14H2,1-3H3,(H,20,22);3H2,1-2H3. The first-order valence-corrected chi connectivity index (χ1v) is 10.1. The van der Waals surface area contributed by atoms with Gasteiger partial charge in [-0.1, -0.05) is 57.5 Å². The Hall–Kier alpha value is -1.55. The molecule has 2 unspecified atom stereocenters. The lowest BCUT2D eigenvalue weighted by Crippen LogP contribution is -2.48. The Bertz CT molecular complexity index is 567. The van der Waals surface area contributed by atoms with E-state index >= 15 is 0 Å². The highest BCUT2D eigenvalue weighted by Gasteiger charge is 2.49. The van der Waals surface area contributed by atoms with Gasteiger partial charge in [-0.25, -0.2) is 4.79 Å². The molecule has 2 atom stereocenters. The first-order valence-electron chi connectivity index (χ1n) is 10.1. The van der Waals surface area contributed by atoms with Crippen LogP contribution in [-0.2, 0) is 11.3 Å². The summed E-state index contributed by atoms with van der Waals surface area (Å²) in [4.78, 5) is 14.6. The van der Waals surface area contributed by atoms with E-state index in [1.807, 2.05) is 6.07 Å². The molecule has 0 radical (unpaired) electrons. The normalized spacial score (nSPS) is 27.0. The molecule has 146 valence electrons. The van der Waals surface area contributed by atoms with Gasteiger partial charge in [0, 0.05) is 25.2 Å². The molecule has 0 bridgehead atoms. The van der Waals surface area contributed by atoms with E-state index in [9.17, 15) is 4.79 Å². The maximum atomic E-state index is 12.1. The van der Waals surface area contributed by atoms with Crippen molar-refractivity contribution < 1.29 is 9.53 Å². The van der Waals surface area contributed by atoms with E-state index in [4.69, 9.17) is 4.74 Å². The van der Waals surface area contributed by atoms with Crippen molar-refractivity contribution >= 4 is 6.09 Å². The number of carbonyl (C=O) groups excluding carboxylic acids is 1. The summed E-state index contributed by atoms with van der Waals surface area (Å²) in [6, 6.07) is 10.5. The Balaban J connectivity index is 0.000000758. The molecular formula is C22H36N2O2. The van der Waals surface area contributed by atoms with Crippen LogP contribution >= 0.6 is 0 Å². The Morgan fingerprint density at radius 1 is 1.19 bits per heavy atom. The van der Waals surface area contributed by atoms with Crippen LogP contribution in [0.1, 0.15) is 65.9 Å². The monoisotopic (exact) mass is 360 g/mol. The van der Waals surface area contributed by atoms with Crippen molar-refractivity contribution in [3.05, 3.63) is 35.9 Å². The van der Waals surface area contributed by atoms with Crippen molar-refractivity contribution in [3.8, 4) is 0 Å². The third-order valence-electron chi connectivity index (χ3n) is 5.55. The largest absolute Gasteiger partial charge is 0.443 e. The summed E-state index contributed by atoms with van der Waals surface area (Å²) in [7, 11) is 0. The molecule has 26 heavy (non-hydrogen) atoms. The number of rotatable bonds is 4. The Kier molecular flexibility index (Phi) is 7.10. The number of hydrogen-bond acceptors (Lipinski definition) is 3. The summed E-state index contributed by atoms with van der Waals surface area (Å²) in [5, 5.41) is 3.03. The number of amides is 1. The molecule has 0 spiro atoms. The molecule has 4 nitrogen and oxygen atoms in total. The zero-order chi connectivity index (χ0) is 19.2. The van der Waals surface area contributed by atoms with E-state index in [0.29, 0.717) is 5.92 Å². The number of hydrogen-bond donors (Lipinski definition) is 1. The van der Waals surface area contributed by atoms with Crippen LogP contribution in [0.3, 0.4) is 0 Å². The van der Waals surface area contributed by atoms with E-state index in [1.165, 1.54) is 12.0 Å². The highest BCUT2D eigenvalue weighted by atomic mass is 16.6. The number of nitrogens with one attached hydrogen (secondary N) is 1. The van der Waals surface area contributed by atoms with Crippen molar-refractivity contribution in [3.63, 3.8) is 0 Å². The molecule has 1 saturated heterocycles. The Morgan fingerprint density at radius 2 is 1.73 bits per heavy atom. The minimum absolute atomic E-state index is 0.0541. The summed E-state index contributed by atoms with van der Waals surface area (Å²) < 4.78 is 5.77. The van der Waals surface area contributed by atoms with Crippen molar-refractivity contribution in [2.75, 3.05) is 13.1 Å². The van der Waals surface area contributed by atoms with Crippen LogP contribution in [0.15, 0.2) is 30.3 Å². The number of ether oxygens (including phenoxy) is 1. The van der Waals surface area contributed by atoms with Crippen molar-refractivity contribution in [2.24, 2.45) is 5.92 Å². The molecule has 1 aliphatic heterocycles. The molecule has 0 aromatic heterocycles. The van der Waals surface area contributed by atoms with E-state index in [2.05, 4.69) is 69.1 Å². The zero-order valence-electron chi connectivity index (χ0n) is 17.2. The Morgan fingerprint density at radius 3 is 2.23 bits per heavy atom. The van der Waals surface area contributed by atoms with Gasteiger partial charge in [0.15, 0.2) is 0 Å². The van der Waals surface area contributed by atoms with E-state index < -0.39 is 0 Å². The zero-order valence-corrected chi connectivity index (χ0v) is 17.2. The summed E-state index contributed by atoms with van der Waals surface area (Å²) in [6.07, 6.45) is 3.82. The van der Waals surface area contributed by atoms with Crippen LogP contribution in [0.4, 0.5) is 4.79 Å². The fourth-order valence-electron chi connectivity index (χ4n) is 3.36. The molecule has 3 rings (SSSR count). The molecule has 1 aromatic rings. The first-order chi connectivity index (χ1) is 12.3. The predicted molar refractivity (Wildman–Crippen MR) is 107 cm³/mol. The van der Waals surface area contributed by atoms with Crippen molar-refractivity contribution in [1.29, 1.82) is 0 Å². The SMILES string of the molecule is CC1CC1(C)NC(=O)OC1(C)CCN(Cc2ccccc2)CC1.CCC. The van der Waals surface area contributed by atoms with Crippen molar-refractivity contribution in [1.82, 2.24) is 10.2 Å². The van der Waals surface area contributed by atoms with Gasteiger partial charge < -0.3 is 10.1 Å². The molecule has 1 amide bonds. The minimum Gasteiger partial charge on any atom is -0.443 e. The highest BCUT2D eigenvalue weighted by molar-refractivity contribution is 5.69. The molecule has 1 saturated carbocycles. The summed E-state index contributed by atoms with van der Waals surface area (Å²) in [5.74, 6) is 0.551. The number of nitrogens with zero attached hydrogens (tertiary/aromatic N) is 1. The van der Waals surface area contributed by atoms with Gasteiger partial charge in [0.05, 0.1) is 0 Å². The van der Waals surface area contributed by atoms with Gasteiger partial charge in [0.2, 0.25) is 0 Å².